The molecule has 102 valence electrons. The molecule has 0 atom stereocenters. The third-order valence-corrected chi connectivity index (χ3v) is 2.73. The first-order valence-electron chi connectivity index (χ1n) is 5.58. The van der Waals surface area contributed by atoms with Crippen LogP contribution in [0.2, 0.25) is 0 Å². The second-order valence-corrected chi connectivity index (χ2v) is 4.38. The lowest BCUT2D eigenvalue weighted by Gasteiger charge is -2.26. The molecule has 1 aromatic heterocycles. The lowest BCUT2D eigenvalue weighted by atomic mass is 10.1. The van der Waals surface area contributed by atoms with Crippen LogP contribution in [0.1, 0.15) is 19.5 Å². The van der Waals surface area contributed by atoms with Crippen LogP contribution in [0.15, 0.2) is 0 Å². The fraction of sp³-hybridized carbons (Fsp3) is 0.700. The average Bonchev–Trinajstić information content (AvgIpc) is 2.66. The van der Waals surface area contributed by atoms with E-state index in [-0.39, 0.29) is 24.7 Å². The van der Waals surface area contributed by atoms with Crippen LogP contribution < -0.4 is 5.32 Å². The molecule has 0 unspecified atom stereocenters. The molecule has 1 aromatic rings. The van der Waals surface area contributed by atoms with Gasteiger partial charge in [-0.15, -0.1) is 0 Å². The molecule has 0 radical (unpaired) electrons. The minimum absolute atomic E-state index is 0.117. The smallest absolute Gasteiger partial charge is 0.333 e. The van der Waals surface area contributed by atoms with Gasteiger partial charge in [-0.1, -0.05) is 6.92 Å². The number of hydrogen-bond donors (Lipinski definition) is 3. The number of nitrogens with one attached hydrogen (secondary N) is 1. The monoisotopic (exact) mass is 258 g/mol. The van der Waals surface area contributed by atoms with Gasteiger partial charge in [-0.05, 0) is 13.3 Å². The summed E-state index contributed by atoms with van der Waals surface area (Å²) in [5, 5.41) is 36.3. The molecule has 8 nitrogen and oxygen atoms in total. The number of aromatic nitrogens is 2. The van der Waals surface area contributed by atoms with Gasteiger partial charge in [0, 0.05) is 7.05 Å². The Bertz CT molecular complexity index is 439. The molecule has 0 saturated carbocycles. The number of aliphatic hydroxyl groups is 2. The lowest BCUT2D eigenvalue weighted by molar-refractivity contribution is -0.384. The number of aliphatic hydroxyl groups excluding tert-OH is 2. The van der Waals surface area contributed by atoms with E-state index < -0.39 is 10.5 Å². The summed E-state index contributed by atoms with van der Waals surface area (Å²) in [4.78, 5) is 10.6. The van der Waals surface area contributed by atoms with Crippen molar-refractivity contribution in [3.8, 4) is 0 Å². The Kier molecular flexibility index (Phi) is 4.25. The first-order chi connectivity index (χ1) is 8.38. The van der Waals surface area contributed by atoms with E-state index >= 15 is 0 Å². The van der Waals surface area contributed by atoms with E-state index in [0.717, 1.165) is 0 Å². The Morgan fingerprint density at radius 2 is 2.06 bits per heavy atom. The van der Waals surface area contributed by atoms with Crippen molar-refractivity contribution in [2.75, 3.05) is 18.5 Å². The van der Waals surface area contributed by atoms with Gasteiger partial charge in [0.25, 0.3) is 0 Å². The second-order valence-electron chi connectivity index (χ2n) is 4.38. The van der Waals surface area contributed by atoms with Crippen molar-refractivity contribution in [2.24, 2.45) is 7.05 Å². The summed E-state index contributed by atoms with van der Waals surface area (Å²) in [5.74, 6) is 0.183. The summed E-state index contributed by atoms with van der Waals surface area (Å²) in [5.41, 5.74) is -0.792. The molecule has 0 aliphatic rings. The number of aryl methyl sites for hydroxylation is 2. The van der Waals surface area contributed by atoms with Crippen LogP contribution in [0.3, 0.4) is 0 Å². The maximum atomic E-state index is 11.1. The highest BCUT2D eigenvalue weighted by atomic mass is 16.6. The fourth-order valence-corrected chi connectivity index (χ4v) is 1.55. The predicted octanol–water partition coefficient (Wildman–Crippen LogP) is 0.0459. The summed E-state index contributed by atoms with van der Waals surface area (Å²) in [7, 11) is 1.57. The van der Waals surface area contributed by atoms with E-state index in [0.29, 0.717) is 12.1 Å². The SMILES string of the molecule is CCc1nn(C)c(NC(C)(CO)CO)c1[N+](=O)[O-]. The normalized spacial score (nSPS) is 11.6. The Balaban J connectivity index is 3.23. The second kappa shape index (κ2) is 5.32. The molecule has 0 spiro atoms. The zero-order chi connectivity index (χ0) is 13.9. The third kappa shape index (κ3) is 2.59. The van der Waals surface area contributed by atoms with Gasteiger partial charge < -0.3 is 15.5 Å². The highest BCUT2D eigenvalue weighted by Gasteiger charge is 2.31. The third-order valence-electron chi connectivity index (χ3n) is 2.73. The molecule has 8 heteroatoms. The number of nitro groups is 1. The van der Waals surface area contributed by atoms with Gasteiger partial charge in [0.15, 0.2) is 0 Å². The van der Waals surface area contributed by atoms with E-state index in [1.165, 1.54) is 4.68 Å². The number of rotatable bonds is 6. The van der Waals surface area contributed by atoms with Gasteiger partial charge >= 0.3 is 5.69 Å². The van der Waals surface area contributed by atoms with Crippen molar-refractivity contribution in [3.05, 3.63) is 15.8 Å². The van der Waals surface area contributed by atoms with Gasteiger partial charge in [-0.3, -0.25) is 10.1 Å². The van der Waals surface area contributed by atoms with Crippen molar-refractivity contribution in [1.29, 1.82) is 0 Å². The lowest BCUT2D eigenvalue weighted by Crippen LogP contribution is -2.43. The van der Waals surface area contributed by atoms with Crippen molar-refractivity contribution in [3.63, 3.8) is 0 Å². The number of anilines is 1. The minimum atomic E-state index is -1.04. The summed E-state index contributed by atoms with van der Waals surface area (Å²) >= 11 is 0. The molecule has 1 rings (SSSR count). The van der Waals surface area contributed by atoms with Crippen molar-refractivity contribution in [2.45, 2.75) is 25.8 Å². The first-order valence-corrected chi connectivity index (χ1v) is 5.58. The molecule has 0 aliphatic heterocycles. The molecule has 3 N–H and O–H groups in total. The maximum absolute atomic E-state index is 11.1. The number of nitrogens with zero attached hydrogens (tertiary/aromatic N) is 3. The summed E-state index contributed by atoms with van der Waals surface area (Å²) < 4.78 is 1.35. The zero-order valence-electron chi connectivity index (χ0n) is 10.7. The van der Waals surface area contributed by atoms with Crippen LogP contribution in [0.5, 0.6) is 0 Å². The Morgan fingerprint density at radius 3 is 2.44 bits per heavy atom. The topological polar surface area (TPSA) is 113 Å². The van der Waals surface area contributed by atoms with E-state index in [1.54, 1.807) is 20.9 Å². The van der Waals surface area contributed by atoms with Crippen LogP contribution in [-0.2, 0) is 13.5 Å². The van der Waals surface area contributed by atoms with Gasteiger partial charge in [-0.25, -0.2) is 4.68 Å². The molecule has 0 aliphatic carbocycles. The molecular weight excluding hydrogens is 240 g/mol. The van der Waals surface area contributed by atoms with Crippen LogP contribution in [-0.4, -0.2) is 43.7 Å². The van der Waals surface area contributed by atoms with Crippen LogP contribution in [0.4, 0.5) is 11.5 Å². The van der Waals surface area contributed by atoms with Gasteiger partial charge in [0.2, 0.25) is 5.82 Å². The minimum Gasteiger partial charge on any atom is -0.394 e. The van der Waals surface area contributed by atoms with Gasteiger partial charge in [0.05, 0.1) is 23.7 Å². The summed E-state index contributed by atoms with van der Waals surface area (Å²) in [6.45, 7) is 2.63. The van der Waals surface area contributed by atoms with E-state index in [9.17, 15) is 20.3 Å². The summed E-state index contributed by atoms with van der Waals surface area (Å²) in [6, 6.07) is 0. The molecule has 1 heterocycles. The van der Waals surface area contributed by atoms with Gasteiger partial charge in [-0.2, -0.15) is 5.10 Å². The maximum Gasteiger partial charge on any atom is 0.333 e. The number of hydrogen-bond acceptors (Lipinski definition) is 6. The molecule has 18 heavy (non-hydrogen) atoms. The average molecular weight is 258 g/mol. The van der Waals surface area contributed by atoms with Crippen LogP contribution in [0.25, 0.3) is 0 Å². The molecule has 0 saturated heterocycles. The predicted molar refractivity (Wildman–Crippen MR) is 65.4 cm³/mol. The standard InChI is InChI=1S/C10H18N4O4/c1-4-7-8(14(17)18)9(13(3)12-7)11-10(2,5-15)6-16/h11,15-16H,4-6H2,1-3H3. The molecular formula is C10H18N4O4. The molecule has 0 fully saturated rings. The van der Waals surface area contributed by atoms with Crippen molar-refractivity contribution in [1.82, 2.24) is 9.78 Å². The van der Waals surface area contributed by atoms with Crippen LogP contribution in [0, 0.1) is 10.1 Å². The van der Waals surface area contributed by atoms with Crippen LogP contribution >= 0.6 is 0 Å². The van der Waals surface area contributed by atoms with E-state index in [1.807, 2.05) is 0 Å². The highest BCUT2D eigenvalue weighted by Crippen LogP contribution is 2.30. The molecule has 0 bridgehead atoms. The highest BCUT2D eigenvalue weighted by molar-refractivity contribution is 5.61. The first kappa shape index (κ1) is 14.4. The van der Waals surface area contributed by atoms with E-state index in [4.69, 9.17) is 0 Å². The zero-order valence-corrected chi connectivity index (χ0v) is 10.7. The summed E-state index contributed by atoms with van der Waals surface area (Å²) in [6.07, 6.45) is 0.431. The van der Waals surface area contributed by atoms with Crippen molar-refractivity contribution < 1.29 is 15.1 Å². The van der Waals surface area contributed by atoms with Crippen molar-refractivity contribution >= 4 is 11.5 Å². The molecule has 0 amide bonds. The van der Waals surface area contributed by atoms with Gasteiger partial charge in [0.1, 0.15) is 5.69 Å². The Labute approximate surface area is 104 Å². The fourth-order valence-electron chi connectivity index (χ4n) is 1.55. The Morgan fingerprint density at radius 1 is 1.50 bits per heavy atom. The quantitative estimate of drug-likeness (QED) is 0.490. The van der Waals surface area contributed by atoms with E-state index in [2.05, 4.69) is 10.4 Å². The Hall–Kier alpha value is -1.67. The molecule has 0 aromatic carbocycles. The largest absolute Gasteiger partial charge is 0.394 e.